The molecule has 1 saturated heterocycles. The molecule has 0 bridgehead atoms. The molecule has 1 atom stereocenters. The van der Waals surface area contributed by atoms with Crippen molar-refractivity contribution in [3.05, 3.63) is 77.2 Å². The van der Waals surface area contributed by atoms with Crippen LogP contribution < -0.4 is 0 Å². The first-order chi connectivity index (χ1) is 13.0. The SMILES string of the molecule is C=C(/C=C\C=C/C)C12OCCN1C(=O)c1ccc(-c3c(C)noc3C)cc12. The van der Waals surface area contributed by atoms with E-state index in [0.29, 0.717) is 18.7 Å². The first-order valence-corrected chi connectivity index (χ1v) is 9.03. The van der Waals surface area contributed by atoms with Crippen LogP contribution in [0.15, 0.2) is 59.2 Å². The molecule has 0 spiro atoms. The second kappa shape index (κ2) is 6.35. The standard InChI is InChI=1S/C22H22N2O3/c1-5-6-7-8-14(2)22-19-13-17(20-15(3)23-27-16(20)4)9-10-18(19)21(25)24(22)11-12-26-22/h5-10,13H,2,11-12H2,1,3-4H3/b6-5-,8-7-. The number of carbonyl (C=O) groups is 1. The summed E-state index contributed by atoms with van der Waals surface area (Å²) in [7, 11) is 0. The topological polar surface area (TPSA) is 55.6 Å². The highest BCUT2D eigenvalue weighted by atomic mass is 16.5. The summed E-state index contributed by atoms with van der Waals surface area (Å²) >= 11 is 0. The lowest BCUT2D eigenvalue weighted by Gasteiger charge is -2.32. The minimum absolute atomic E-state index is 0.0200. The monoisotopic (exact) mass is 362 g/mol. The van der Waals surface area contributed by atoms with E-state index in [1.165, 1.54) is 0 Å². The molecule has 1 amide bonds. The van der Waals surface area contributed by atoms with E-state index < -0.39 is 5.72 Å². The first-order valence-electron chi connectivity index (χ1n) is 9.03. The molecule has 0 saturated carbocycles. The summed E-state index contributed by atoms with van der Waals surface area (Å²) in [6.07, 6.45) is 7.69. The number of ether oxygens (including phenoxy) is 1. The quantitative estimate of drug-likeness (QED) is 0.762. The molecule has 1 aromatic carbocycles. The molecule has 2 aliphatic heterocycles. The minimum Gasteiger partial charge on any atom is -0.361 e. The average Bonchev–Trinajstić information content (AvgIpc) is 3.30. The second-order valence-corrected chi connectivity index (χ2v) is 6.82. The third kappa shape index (κ3) is 2.42. The van der Waals surface area contributed by atoms with Crippen molar-refractivity contribution >= 4 is 5.91 Å². The van der Waals surface area contributed by atoms with Crippen LogP contribution in [0.5, 0.6) is 0 Å². The van der Waals surface area contributed by atoms with Gasteiger partial charge in [0, 0.05) is 28.8 Å². The molecule has 0 N–H and O–H groups in total. The van der Waals surface area contributed by atoms with Crippen LogP contribution in [0.2, 0.25) is 0 Å². The van der Waals surface area contributed by atoms with Crippen molar-refractivity contribution in [2.75, 3.05) is 13.2 Å². The van der Waals surface area contributed by atoms with Crippen LogP contribution in [-0.2, 0) is 10.5 Å². The highest BCUT2D eigenvalue weighted by Crippen LogP contribution is 2.49. The number of carbonyl (C=O) groups excluding carboxylic acids is 1. The van der Waals surface area contributed by atoms with Crippen LogP contribution in [0.1, 0.15) is 34.3 Å². The lowest BCUT2D eigenvalue weighted by atomic mass is 9.91. The van der Waals surface area contributed by atoms with Gasteiger partial charge in [-0.1, -0.05) is 42.1 Å². The van der Waals surface area contributed by atoms with Crippen LogP contribution in [0.4, 0.5) is 0 Å². The van der Waals surface area contributed by atoms with E-state index in [-0.39, 0.29) is 5.91 Å². The number of aryl methyl sites for hydroxylation is 2. The molecule has 1 fully saturated rings. The van der Waals surface area contributed by atoms with Gasteiger partial charge in [0.1, 0.15) is 5.76 Å². The predicted octanol–water partition coefficient (Wildman–Crippen LogP) is 4.29. The highest BCUT2D eigenvalue weighted by Gasteiger charge is 2.55. The molecular weight excluding hydrogens is 340 g/mol. The summed E-state index contributed by atoms with van der Waals surface area (Å²) in [5.41, 5.74) is 4.01. The summed E-state index contributed by atoms with van der Waals surface area (Å²) in [4.78, 5) is 14.8. The largest absolute Gasteiger partial charge is 0.361 e. The molecule has 3 heterocycles. The Balaban J connectivity index is 1.89. The van der Waals surface area contributed by atoms with Crippen molar-refractivity contribution in [3.63, 3.8) is 0 Å². The number of fused-ring (bicyclic) bond motifs is 3. The molecule has 2 aromatic rings. The van der Waals surface area contributed by atoms with E-state index in [1.807, 2.05) is 63.3 Å². The molecule has 27 heavy (non-hydrogen) atoms. The van der Waals surface area contributed by atoms with Crippen LogP contribution in [0, 0.1) is 13.8 Å². The van der Waals surface area contributed by atoms with Crippen LogP contribution in [-0.4, -0.2) is 29.1 Å². The third-order valence-corrected chi connectivity index (χ3v) is 5.22. The molecule has 5 nitrogen and oxygen atoms in total. The maximum absolute atomic E-state index is 13.0. The van der Waals surface area contributed by atoms with Crippen LogP contribution >= 0.6 is 0 Å². The van der Waals surface area contributed by atoms with Gasteiger partial charge in [0.05, 0.1) is 12.3 Å². The molecular formula is C22H22N2O3. The van der Waals surface area contributed by atoms with Gasteiger partial charge in [-0.15, -0.1) is 0 Å². The van der Waals surface area contributed by atoms with Crippen molar-refractivity contribution in [1.82, 2.24) is 10.1 Å². The zero-order valence-corrected chi connectivity index (χ0v) is 15.8. The fourth-order valence-electron chi connectivity index (χ4n) is 4.03. The summed E-state index contributed by atoms with van der Waals surface area (Å²) in [5.74, 6) is 0.732. The summed E-state index contributed by atoms with van der Waals surface area (Å²) in [5, 5.41) is 4.05. The van der Waals surface area contributed by atoms with Gasteiger partial charge < -0.3 is 14.2 Å². The molecule has 1 aromatic heterocycles. The Morgan fingerprint density at radius 3 is 2.85 bits per heavy atom. The Labute approximate surface area is 158 Å². The first kappa shape index (κ1) is 17.5. The van der Waals surface area contributed by atoms with Gasteiger partial charge in [-0.2, -0.15) is 0 Å². The van der Waals surface area contributed by atoms with Gasteiger partial charge in [-0.05, 0) is 38.5 Å². The molecule has 4 rings (SSSR count). The van der Waals surface area contributed by atoms with Gasteiger partial charge in [0.25, 0.3) is 5.91 Å². The van der Waals surface area contributed by atoms with E-state index in [2.05, 4.69) is 11.7 Å². The zero-order valence-electron chi connectivity index (χ0n) is 15.8. The fraction of sp³-hybridized carbons (Fsp3) is 0.273. The number of hydrogen-bond donors (Lipinski definition) is 0. The van der Waals surface area contributed by atoms with Gasteiger partial charge in [-0.25, -0.2) is 0 Å². The highest BCUT2D eigenvalue weighted by molar-refractivity contribution is 6.01. The number of nitrogens with zero attached hydrogens (tertiary/aromatic N) is 2. The lowest BCUT2D eigenvalue weighted by Crippen LogP contribution is -2.40. The van der Waals surface area contributed by atoms with Crippen LogP contribution in [0.3, 0.4) is 0 Å². The third-order valence-electron chi connectivity index (χ3n) is 5.22. The molecule has 0 aliphatic carbocycles. The zero-order chi connectivity index (χ0) is 19.2. The number of aromatic nitrogens is 1. The Morgan fingerprint density at radius 2 is 2.15 bits per heavy atom. The molecule has 2 aliphatic rings. The predicted molar refractivity (Wildman–Crippen MR) is 103 cm³/mol. The Morgan fingerprint density at radius 1 is 1.33 bits per heavy atom. The van der Waals surface area contributed by atoms with Crippen molar-refractivity contribution in [1.29, 1.82) is 0 Å². The second-order valence-electron chi connectivity index (χ2n) is 6.82. The van der Waals surface area contributed by atoms with Gasteiger partial charge in [-0.3, -0.25) is 4.79 Å². The number of amides is 1. The molecule has 1 unspecified atom stereocenters. The van der Waals surface area contributed by atoms with Gasteiger partial charge in [0.2, 0.25) is 0 Å². The van der Waals surface area contributed by atoms with Crippen molar-refractivity contribution in [2.24, 2.45) is 0 Å². The van der Waals surface area contributed by atoms with Crippen molar-refractivity contribution in [3.8, 4) is 11.1 Å². The number of hydrogen-bond acceptors (Lipinski definition) is 4. The van der Waals surface area contributed by atoms with E-state index >= 15 is 0 Å². The number of allylic oxidation sites excluding steroid dienone is 3. The van der Waals surface area contributed by atoms with Crippen molar-refractivity contribution < 1.29 is 14.1 Å². The van der Waals surface area contributed by atoms with Crippen molar-refractivity contribution in [2.45, 2.75) is 26.5 Å². The van der Waals surface area contributed by atoms with E-state index in [9.17, 15) is 4.79 Å². The van der Waals surface area contributed by atoms with E-state index in [4.69, 9.17) is 9.26 Å². The fourth-order valence-corrected chi connectivity index (χ4v) is 4.03. The molecule has 0 radical (unpaired) electrons. The number of benzene rings is 1. The maximum Gasteiger partial charge on any atom is 0.257 e. The van der Waals surface area contributed by atoms with E-state index in [1.54, 1.807) is 4.90 Å². The maximum atomic E-state index is 13.0. The van der Waals surface area contributed by atoms with Gasteiger partial charge in [0.15, 0.2) is 5.72 Å². The summed E-state index contributed by atoms with van der Waals surface area (Å²) < 4.78 is 11.5. The summed E-state index contributed by atoms with van der Waals surface area (Å²) in [6.45, 7) is 11.0. The Kier molecular flexibility index (Phi) is 4.12. The molecule has 5 heteroatoms. The Hall–Kier alpha value is -2.92. The number of rotatable bonds is 4. The lowest BCUT2D eigenvalue weighted by molar-refractivity contribution is -0.0306. The molecule has 138 valence electrons. The minimum atomic E-state index is -0.945. The summed E-state index contributed by atoms with van der Waals surface area (Å²) in [6, 6.07) is 5.82. The van der Waals surface area contributed by atoms with E-state index in [0.717, 1.165) is 33.7 Å². The Bertz CT molecular complexity index is 979. The van der Waals surface area contributed by atoms with Crippen LogP contribution in [0.25, 0.3) is 11.1 Å². The van der Waals surface area contributed by atoms with Gasteiger partial charge >= 0.3 is 0 Å². The average molecular weight is 362 g/mol. The normalized spacial score (nSPS) is 21.4. The smallest absolute Gasteiger partial charge is 0.257 e.